The Morgan fingerprint density at radius 1 is 0.695 bits per heavy atom. The van der Waals surface area contributed by atoms with E-state index in [9.17, 15) is 54.2 Å². The molecule has 0 aromatic heterocycles. The third-order valence-electron chi connectivity index (χ3n) is 10.9. The quantitative estimate of drug-likeness (QED) is 0.163. The number of hydrogen-bond donors (Lipinski definition) is 1. The van der Waals surface area contributed by atoms with Gasteiger partial charge in [-0.15, -0.1) is 0 Å². The summed E-state index contributed by atoms with van der Waals surface area (Å²) < 4.78 is 133. The number of aryl methyl sites for hydroxylation is 3. The molecule has 0 saturated heterocycles. The van der Waals surface area contributed by atoms with E-state index < -0.39 is 47.4 Å². The summed E-state index contributed by atoms with van der Waals surface area (Å²) in [5.41, 5.74) is 2.74. The van der Waals surface area contributed by atoms with Gasteiger partial charge in [-0.25, -0.2) is 0 Å². The van der Waals surface area contributed by atoms with Crippen LogP contribution in [0.3, 0.4) is 0 Å². The summed E-state index contributed by atoms with van der Waals surface area (Å²) in [6, 6.07) is 13.8. The van der Waals surface area contributed by atoms with E-state index in [2.05, 4.69) is 0 Å². The SMILES string of the molecule is COC(=O)C[C@@H]1COc2cc(O[C@@H]3CCc4c3cc(C)cc4C(F)(F)F)ccc21.Cc1cc2c(c(C(F)(F)F)c1)CCC2=O.Cc1cc2c(c(C(F)(F)F)c1)CC[C@@H]2O. The fourth-order valence-corrected chi connectivity index (χ4v) is 8.24. The van der Waals surface area contributed by atoms with Gasteiger partial charge in [0.1, 0.15) is 17.6 Å². The van der Waals surface area contributed by atoms with E-state index in [1.165, 1.54) is 13.2 Å². The monoisotopic (exact) mass is 836 g/mol. The first kappa shape index (κ1) is 43.5. The second kappa shape index (κ2) is 16.5. The minimum Gasteiger partial charge on any atom is -0.492 e. The number of rotatable bonds is 4. The number of halogens is 9. The zero-order chi connectivity index (χ0) is 43.2. The van der Waals surface area contributed by atoms with Crippen LogP contribution in [0.1, 0.15) is 121 Å². The lowest BCUT2D eigenvalue weighted by atomic mass is 9.98. The minimum absolute atomic E-state index is 0.0734. The van der Waals surface area contributed by atoms with Crippen LogP contribution in [-0.2, 0) is 47.3 Å². The molecule has 59 heavy (non-hydrogen) atoms. The maximum absolute atomic E-state index is 13.4. The highest BCUT2D eigenvalue weighted by molar-refractivity contribution is 6.01. The highest BCUT2D eigenvalue weighted by Crippen LogP contribution is 2.45. The van der Waals surface area contributed by atoms with Crippen molar-refractivity contribution < 1.29 is 68.4 Å². The summed E-state index contributed by atoms with van der Waals surface area (Å²) in [5, 5.41) is 9.53. The normalized spacial score (nSPS) is 19.0. The number of ether oxygens (including phenoxy) is 3. The molecular formula is C44H41F9O6. The first-order chi connectivity index (χ1) is 27.5. The van der Waals surface area contributed by atoms with E-state index in [1.54, 1.807) is 51.1 Å². The van der Waals surface area contributed by atoms with Crippen LogP contribution < -0.4 is 9.47 Å². The largest absolute Gasteiger partial charge is 0.492 e. The Bertz CT molecular complexity index is 2260. The molecular weight excluding hydrogens is 795 g/mol. The van der Waals surface area contributed by atoms with Gasteiger partial charge in [0.2, 0.25) is 0 Å². The van der Waals surface area contributed by atoms with Crippen LogP contribution in [0.2, 0.25) is 0 Å². The molecule has 15 heteroatoms. The van der Waals surface area contributed by atoms with Gasteiger partial charge in [0.25, 0.3) is 0 Å². The highest BCUT2D eigenvalue weighted by atomic mass is 19.4. The Balaban J connectivity index is 0.000000164. The third kappa shape index (κ3) is 9.55. The number of aliphatic hydroxyl groups excluding tert-OH is 1. The lowest BCUT2D eigenvalue weighted by molar-refractivity contribution is -0.141. The van der Waals surface area contributed by atoms with E-state index in [4.69, 9.17) is 14.2 Å². The molecule has 6 nitrogen and oxygen atoms in total. The summed E-state index contributed by atoms with van der Waals surface area (Å²) in [4.78, 5) is 22.9. The molecule has 1 N–H and O–H groups in total. The second-order valence-electron chi connectivity index (χ2n) is 15.2. The number of carbonyl (C=O) groups excluding carboxylic acids is 2. The fourth-order valence-electron chi connectivity index (χ4n) is 8.24. The predicted octanol–water partition coefficient (Wildman–Crippen LogP) is 11.3. The number of hydrogen-bond acceptors (Lipinski definition) is 6. The molecule has 4 aromatic carbocycles. The number of fused-ring (bicyclic) bond motifs is 4. The van der Waals surface area contributed by atoms with E-state index in [0.29, 0.717) is 77.2 Å². The Kier molecular flexibility index (Phi) is 12.2. The van der Waals surface area contributed by atoms with Crippen LogP contribution in [0, 0.1) is 20.8 Å². The molecule has 4 aromatic rings. The van der Waals surface area contributed by atoms with Crippen molar-refractivity contribution in [1.82, 2.24) is 0 Å². The molecule has 3 atom stereocenters. The number of aliphatic hydroxyl groups is 1. The third-order valence-corrected chi connectivity index (χ3v) is 10.9. The summed E-state index contributed by atoms with van der Waals surface area (Å²) in [6.07, 6.45) is -12.1. The van der Waals surface area contributed by atoms with Crippen molar-refractivity contribution >= 4 is 11.8 Å². The summed E-state index contributed by atoms with van der Waals surface area (Å²) in [6.45, 7) is 5.23. The molecule has 0 saturated carbocycles. The van der Waals surface area contributed by atoms with E-state index >= 15 is 0 Å². The van der Waals surface area contributed by atoms with Crippen LogP contribution >= 0.6 is 0 Å². The van der Waals surface area contributed by atoms with Crippen LogP contribution in [0.25, 0.3) is 0 Å². The Labute approximate surface area is 334 Å². The van der Waals surface area contributed by atoms with Crippen molar-refractivity contribution in [3.63, 3.8) is 0 Å². The summed E-state index contributed by atoms with van der Waals surface area (Å²) >= 11 is 0. The number of alkyl halides is 9. The molecule has 4 aliphatic rings. The Morgan fingerprint density at radius 2 is 1.24 bits per heavy atom. The van der Waals surface area contributed by atoms with Gasteiger partial charge in [-0.2, -0.15) is 39.5 Å². The van der Waals surface area contributed by atoms with Crippen LogP contribution in [-0.4, -0.2) is 30.6 Å². The Morgan fingerprint density at radius 3 is 1.83 bits per heavy atom. The van der Waals surface area contributed by atoms with Gasteiger partial charge < -0.3 is 19.3 Å². The fraction of sp³-hybridized carbons (Fsp3) is 0.409. The predicted molar refractivity (Wildman–Crippen MR) is 197 cm³/mol. The maximum Gasteiger partial charge on any atom is 0.416 e. The maximum atomic E-state index is 13.4. The van der Waals surface area contributed by atoms with Crippen molar-refractivity contribution in [2.45, 2.75) is 102 Å². The number of esters is 1. The first-order valence-corrected chi connectivity index (χ1v) is 18.9. The summed E-state index contributed by atoms with van der Waals surface area (Å²) in [5.74, 6) is 0.616. The number of Topliss-reactive ketones (excluding diaryl/α,β-unsaturated/α-hetero) is 1. The van der Waals surface area contributed by atoms with Crippen LogP contribution in [0.5, 0.6) is 11.5 Å². The van der Waals surface area contributed by atoms with Gasteiger partial charge in [-0.1, -0.05) is 29.3 Å². The molecule has 0 amide bonds. The topological polar surface area (TPSA) is 82.1 Å². The van der Waals surface area contributed by atoms with E-state index in [0.717, 1.165) is 17.7 Å². The average Bonchev–Trinajstić information content (AvgIpc) is 3.93. The standard InChI is InChI=1S/C22H21F3O4.C11H11F3O.C11H9F3O/c1-12-7-17-16(18(8-12)22(23,24)25)5-6-19(17)29-14-3-4-15-13(9-21(26)27-2)11-28-20(15)10-14;2*1-6-4-8-7(2-3-10(8)15)9(5-6)11(12,13)14/h3-4,7-8,10,13,19H,5-6,9,11H2,1-2H3;4-5,10,15H,2-3H2,1H3;4-5H,2-3H2,1H3/t13-,19-;10-;/m10./s1. The number of methoxy groups -OCH3 is 1. The lowest BCUT2D eigenvalue weighted by Gasteiger charge is -2.18. The smallest absolute Gasteiger partial charge is 0.416 e. The van der Waals surface area contributed by atoms with Crippen molar-refractivity contribution in [3.05, 3.63) is 127 Å². The zero-order valence-corrected chi connectivity index (χ0v) is 32.5. The number of benzene rings is 4. The van der Waals surface area contributed by atoms with Crippen molar-refractivity contribution in [2.24, 2.45) is 0 Å². The minimum atomic E-state index is -4.37. The van der Waals surface area contributed by atoms with Crippen molar-refractivity contribution in [2.75, 3.05) is 13.7 Å². The first-order valence-electron chi connectivity index (χ1n) is 18.9. The van der Waals surface area contributed by atoms with Gasteiger partial charge >= 0.3 is 24.5 Å². The molecule has 1 heterocycles. The summed E-state index contributed by atoms with van der Waals surface area (Å²) in [7, 11) is 1.35. The van der Waals surface area contributed by atoms with Gasteiger partial charge in [0.15, 0.2) is 5.78 Å². The highest BCUT2D eigenvalue weighted by Gasteiger charge is 2.40. The second-order valence-corrected chi connectivity index (χ2v) is 15.2. The number of ketones is 1. The molecule has 3 aliphatic carbocycles. The van der Waals surface area contributed by atoms with E-state index in [1.807, 2.05) is 6.07 Å². The zero-order valence-electron chi connectivity index (χ0n) is 32.5. The lowest BCUT2D eigenvalue weighted by Crippen LogP contribution is -2.11. The average molecular weight is 837 g/mol. The molecule has 0 bridgehead atoms. The van der Waals surface area contributed by atoms with Gasteiger partial charge in [-0.3, -0.25) is 9.59 Å². The van der Waals surface area contributed by atoms with E-state index in [-0.39, 0.29) is 53.6 Å². The Hall–Kier alpha value is -5.05. The molecule has 0 radical (unpaired) electrons. The molecule has 0 fully saturated rings. The van der Waals surface area contributed by atoms with Gasteiger partial charge in [0, 0.05) is 29.5 Å². The molecule has 0 spiro atoms. The van der Waals surface area contributed by atoms with Crippen LogP contribution in [0.4, 0.5) is 39.5 Å². The molecule has 0 unspecified atom stereocenters. The van der Waals surface area contributed by atoms with Gasteiger partial charge in [0.05, 0.1) is 42.9 Å². The van der Waals surface area contributed by atoms with Crippen molar-refractivity contribution in [3.8, 4) is 11.5 Å². The van der Waals surface area contributed by atoms with Crippen molar-refractivity contribution in [1.29, 1.82) is 0 Å². The molecule has 8 rings (SSSR count). The molecule has 316 valence electrons. The molecule has 1 aliphatic heterocycles. The van der Waals surface area contributed by atoms with Crippen LogP contribution in [0.15, 0.2) is 54.6 Å². The number of carbonyl (C=O) groups is 2. The van der Waals surface area contributed by atoms with Gasteiger partial charge in [-0.05, 0) is 117 Å².